The topological polar surface area (TPSA) is 75.3 Å². The molecule has 0 saturated heterocycles. The van der Waals surface area contributed by atoms with Gasteiger partial charge in [0, 0.05) is 37.5 Å². The third-order valence-corrected chi connectivity index (χ3v) is 3.96. The lowest BCUT2D eigenvalue weighted by molar-refractivity contribution is 0.368. The number of aromatic nitrogens is 2. The van der Waals surface area contributed by atoms with E-state index in [4.69, 9.17) is 16.1 Å². The van der Waals surface area contributed by atoms with Gasteiger partial charge in [-0.1, -0.05) is 42.7 Å². The van der Waals surface area contributed by atoms with E-state index in [1.165, 1.54) is 5.56 Å². The van der Waals surface area contributed by atoms with E-state index in [0.29, 0.717) is 11.8 Å². The second-order valence-electron chi connectivity index (χ2n) is 6.11. The van der Waals surface area contributed by atoms with Gasteiger partial charge in [0.25, 0.3) is 0 Å². The fourth-order valence-corrected chi connectivity index (χ4v) is 2.37. The largest absolute Gasteiger partial charge is 0.356 e. The van der Waals surface area contributed by atoms with Gasteiger partial charge >= 0.3 is 0 Å². The number of aryl methyl sites for hydroxylation is 1. The number of hydrogen-bond donors (Lipinski definition) is 2. The molecule has 1 aromatic carbocycles. The Labute approximate surface area is 177 Å². The van der Waals surface area contributed by atoms with Gasteiger partial charge in [-0.2, -0.15) is 4.98 Å². The number of nitrogens with zero attached hydrogens (tertiary/aromatic N) is 3. The van der Waals surface area contributed by atoms with Crippen LogP contribution in [-0.4, -0.2) is 36.2 Å². The van der Waals surface area contributed by atoms with Gasteiger partial charge in [-0.05, 0) is 30.5 Å². The predicted octanol–water partition coefficient (Wildman–Crippen LogP) is 3.80. The number of rotatable bonds is 8. The van der Waals surface area contributed by atoms with Crippen LogP contribution in [0.5, 0.6) is 0 Å². The van der Waals surface area contributed by atoms with Crippen molar-refractivity contribution in [2.75, 3.05) is 20.1 Å². The fraction of sp³-hybridized carbons (Fsp3) is 0.500. The van der Waals surface area contributed by atoms with Gasteiger partial charge in [0.2, 0.25) is 5.89 Å². The number of hydrogen-bond acceptors (Lipinski definition) is 4. The maximum atomic E-state index is 5.89. The molecule has 0 saturated carbocycles. The second-order valence-corrected chi connectivity index (χ2v) is 6.54. The molecule has 0 bridgehead atoms. The third-order valence-electron chi connectivity index (χ3n) is 3.70. The normalized spacial score (nSPS) is 11.3. The molecule has 0 spiro atoms. The van der Waals surface area contributed by atoms with E-state index in [9.17, 15) is 0 Å². The monoisotopic (exact) mass is 491 g/mol. The lowest BCUT2D eigenvalue weighted by atomic mass is 10.1. The standard InChI is InChI=1S/C18H26ClN5O.HI/c1-13(2)17-23-16(25-24-17)5-4-11-21-18(20-3)22-12-10-14-6-8-15(19)9-7-14;/h6-9,13H,4-5,10-12H2,1-3H3,(H2,20,21,22);1H. The van der Waals surface area contributed by atoms with Gasteiger partial charge in [0.1, 0.15) is 0 Å². The summed E-state index contributed by atoms with van der Waals surface area (Å²) in [5.41, 5.74) is 1.24. The number of guanidine groups is 1. The highest BCUT2D eigenvalue weighted by Crippen LogP contribution is 2.10. The van der Waals surface area contributed by atoms with Crippen molar-refractivity contribution >= 4 is 41.5 Å². The first-order chi connectivity index (χ1) is 12.1. The third kappa shape index (κ3) is 7.90. The SMILES string of the molecule is CN=C(NCCCc1nc(C(C)C)no1)NCCc1ccc(Cl)cc1.I. The Balaban J connectivity index is 0.00000338. The molecular weight excluding hydrogens is 465 g/mol. The highest BCUT2D eigenvalue weighted by atomic mass is 127. The van der Waals surface area contributed by atoms with Crippen LogP contribution in [0, 0.1) is 0 Å². The first kappa shape index (κ1) is 22.7. The molecule has 2 rings (SSSR count). The van der Waals surface area contributed by atoms with Crippen molar-refractivity contribution in [1.82, 2.24) is 20.8 Å². The maximum absolute atomic E-state index is 5.89. The molecule has 0 atom stereocenters. The summed E-state index contributed by atoms with van der Waals surface area (Å²) in [6, 6.07) is 7.89. The molecule has 0 aliphatic rings. The second kappa shape index (κ2) is 12.1. The first-order valence-electron chi connectivity index (χ1n) is 8.60. The van der Waals surface area contributed by atoms with Crippen LogP contribution in [0.3, 0.4) is 0 Å². The molecule has 144 valence electrons. The minimum atomic E-state index is 0. The van der Waals surface area contributed by atoms with Gasteiger partial charge in [-0.3, -0.25) is 4.99 Å². The van der Waals surface area contributed by atoms with Crippen LogP contribution in [0.1, 0.15) is 43.5 Å². The summed E-state index contributed by atoms with van der Waals surface area (Å²) in [4.78, 5) is 8.60. The van der Waals surface area contributed by atoms with Crippen LogP contribution >= 0.6 is 35.6 Å². The Morgan fingerprint density at radius 2 is 1.85 bits per heavy atom. The van der Waals surface area contributed by atoms with Crippen LogP contribution in [0.25, 0.3) is 0 Å². The molecule has 8 heteroatoms. The van der Waals surface area contributed by atoms with Crippen LogP contribution < -0.4 is 10.6 Å². The Hall–Kier alpha value is -1.35. The van der Waals surface area contributed by atoms with E-state index in [2.05, 4.69) is 39.6 Å². The number of aliphatic imine (C=N–C) groups is 1. The highest BCUT2D eigenvalue weighted by Gasteiger charge is 2.09. The summed E-state index contributed by atoms with van der Waals surface area (Å²) in [5, 5.41) is 11.3. The van der Waals surface area contributed by atoms with Crippen molar-refractivity contribution in [2.45, 2.75) is 39.0 Å². The molecule has 2 aromatic rings. The summed E-state index contributed by atoms with van der Waals surface area (Å²) in [7, 11) is 1.77. The minimum absolute atomic E-state index is 0. The van der Waals surface area contributed by atoms with Crippen LogP contribution in [-0.2, 0) is 12.8 Å². The van der Waals surface area contributed by atoms with Gasteiger partial charge in [0.15, 0.2) is 11.8 Å². The molecule has 1 heterocycles. The Kier molecular flexibility index (Phi) is 10.6. The van der Waals surface area contributed by atoms with E-state index in [-0.39, 0.29) is 24.0 Å². The number of nitrogens with one attached hydrogen (secondary N) is 2. The van der Waals surface area contributed by atoms with Gasteiger partial charge in [0.05, 0.1) is 0 Å². The van der Waals surface area contributed by atoms with Crippen LogP contribution in [0.15, 0.2) is 33.8 Å². The molecule has 0 aliphatic carbocycles. The zero-order valence-corrected chi connectivity index (χ0v) is 18.5. The van der Waals surface area contributed by atoms with Gasteiger partial charge < -0.3 is 15.2 Å². The van der Waals surface area contributed by atoms with E-state index >= 15 is 0 Å². The Morgan fingerprint density at radius 1 is 1.15 bits per heavy atom. The molecular formula is C18H27ClIN5O. The Bertz CT molecular complexity index is 672. The summed E-state index contributed by atoms with van der Waals surface area (Å²) >= 11 is 5.89. The lowest BCUT2D eigenvalue weighted by Gasteiger charge is -2.11. The van der Waals surface area contributed by atoms with E-state index < -0.39 is 0 Å². The summed E-state index contributed by atoms with van der Waals surface area (Å²) in [6.07, 6.45) is 2.57. The smallest absolute Gasteiger partial charge is 0.226 e. The molecule has 26 heavy (non-hydrogen) atoms. The summed E-state index contributed by atoms with van der Waals surface area (Å²) in [5.74, 6) is 2.54. The van der Waals surface area contributed by atoms with Crippen molar-refractivity contribution in [3.63, 3.8) is 0 Å². The average Bonchev–Trinajstić information content (AvgIpc) is 3.08. The highest BCUT2D eigenvalue weighted by molar-refractivity contribution is 14.0. The predicted molar refractivity (Wildman–Crippen MR) is 117 cm³/mol. The first-order valence-corrected chi connectivity index (χ1v) is 8.97. The van der Waals surface area contributed by atoms with Crippen LogP contribution in [0.4, 0.5) is 0 Å². The van der Waals surface area contributed by atoms with Gasteiger partial charge in [-0.25, -0.2) is 0 Å². The van der Waals surface area contributed by atoms with E-state index in [1.807, 2.05) is 24.3 Å². The molecule has 0 aliphatic heterocycles. The molecule has 1 aromatic heterocycles. The maximum Gasteiger partial charge on any atom is 0.226 e. The van der Waals surface area contributed by atoms with Crippen molar-refractivity contribution in [3.8, 4) is 0 Å². The van der Waals surface area contributed by atoms with Crippen molar-refractivity contribution in [3.05, 3.63) is 46.6 Å². The zero-order valence-electron chi connectivity index (χ0n) is 15.5. The van der Waals surface area contributed by atoms with Crippen molar-refractivity contribution < 1.29 is 4.52 Å². The quantitative estimate of drug-likeness (QED) is 0.254. The molecule has 2 N–H and O–H groups in total. The molecule has 0 fully saturated rings. The minimum Gasteiger partial charge on any atom is -0.356 e. The van der Waals surface area contributed by atoms with E-state index in [0.717, 1.165) is 49.2 Å². The van der Waals surface area contributed by atoms with E-state index in [1.54, 1.807) is 7.05 Å². The average molecular weight is 492 g/mol. The fourth-order valence-electron chi connectivity index (χ4n) is 2.25. The Morgan fingerprint density at radius 3 is 2.46 bits per heavy atom. The number of halogens is 2. The summed E-state index contributed by atoms with van der Waals surface area (Å²) in [6.45, 7) is 5.70. The van der Waals surface area contributed by atoms with Crippen molar-refractivity contribution in [1.29, 1.82) is 0 Å². The molecule has 6 nitrogen and oxygen atoms in total. The molecule has 0 unspecified atom stereocenters. The van der Waals surface area contributed by atoms with Crippen LogP contribution in [0.2, 0.25) is 5.02 Å². The zero-order chi connectivity index (χ0) is 18.1. The molecule has 0 amide bonds. The molecule has 0 radical (unpaired) electrons. The summed E-state index contributed by atoms with van der Waals surface area (Å²) < 4.78 is 5.24. The van der Waals surface area contributed by atoms with Crippen molar-refractivity contribution in [2.24, 2.45) is 4.99 Å². The van der Waals surface area contributed by atoms with Gasteiger partial charge in [-0.15, -0.1) is 24.0 Å². The lowest BCUT2D eigenvalue weighted by Crippen LogP contribution is -2.38. The number of benzene rings is 1.